The first-order valence-corrected chi connectivity index (χ1v) is 9.57. The van der Waals surface area contributed by atoms with Crippen LogP contribution >= 0.6 is 11.6 Å². The van der Waals surface area contributed by atoms with Crippen LogP contribution in [-0.2, 0) is 4.79 Å². The number of anilines is 1. The van der Waals surface area contributed by atoms with E-state index in [4.69, 9.17) is 11.6 Å². The van der Waals surface area contributed by atoms with Crippen molar-refractivity contribution < 1.29 is 4.79 Å². The molecule has 1 N–H and O–H groups in total. The lowest BCUT2D eigenvalue weighted by molar-refractivity contribution is -0.122. The lowest BCUT2D eigenvalue weighted by atomic mass is 10.1. The van der Waals surface area contributed by atoms with Gasteiger partial charge in [-0.25, -0.2) is 0 Å². The Morgan fingerprint density at radius 3 is 2.50 bits per heavy atom. The largest absolute Gasteiger partial charge is 0.369 e. The normalized spacial score (nSPS) is 16.3. The fourth-order valence-corrected chi connectivity index (χ4v) is 3.49. The summed E-state index contributed by atoms with van der Waals surface area (Å²) in [5.41, 5.74) is 2.31. The number of amides is 1. The van der Waals surface area contributed by atoms with Gasteiger partial charge in [-0.15, -0.1) is 0 Å². The molecule has 0 aromatic heterocycles. The zero-order valence-electron chi connectivity index (χ0n) is 15.2. The van der Waals surface area contributed by atoms with Gasteiger partial charge < -0.3 is 10.2 Å². The molecule has 2 aromatic carbocycles. The van der Waals surface area contributed by atoms with Crippen LogP contribution in [-0.4, -0.2) is 43.5 Å². The summed E-state index contributed by atoms with van der Waals surface area (Å²) in [5.74, 6) is 0.110. The van der Waals surface area contributed by atoms with Gasteiger partial charge in [0.15, 0.2) is 0 Å². The molecule has 1 saturated heterocycles. The smallest absolute Gasteiger partial charge is 0.221 e. The zero-order chi connectivity index (χ0) is 18.4. The average Bonchev–Trinajstić information content (AvgIpc) is 2.67. The number of nitrogens with one attached hydrogen (secondary N) is 1. The molecule has 1 fully saturated rings. The summed E-state index contributed by atoms with van der Waals surface area (Å²) in [4.78, 5) is 16.9. The van der Waals surface area contributed by atoms with Crippen LogP contribution in [0, 0.1) is 0 Å². The number of nitrogens with zero attached hydrogens (tertiary/aromatic N) is 2. The van der Waals surface area contributed by atoms with Crippen LogP contribution in [0.25, 0.3) is 0 Å². The Balaban J connectivity index is 1.40. The number of rotatable bonds is 6. The van der Waals surface area contributed by atoms with Crippen LogP contribution in [0.1, 0.15) is 24.9 Å². The van der Waals surface area contributed by atoms with Gasteiger partial charge in [-0.1, -0.05) is 48.0 Å². The van der Waals surface area contributed by atoms with Gasteiger partial charge in [0.05, 0.1) is 6.04 Å². The monoisotopic (exact) mass is 371 g/mol. The van der Waals surface area contributed by atoms with Gasteiger partial charge >= 0.3 is 0 Å². The van der Waals surface area contributed by atoms with Crippen LogP contribution < -0.4 is 10.2 Å². The SMILES string of the molecule is CC(NC(=O)CCN1CCN(c2cccc(Cl)c2)CC1)c1ccccc1. The second-order valence-electron chi connectivity index (χ2n) is 6.76. The van der Waals surface area contributed by atoms with E-state index in [-0.39, 0.29) is 11.9 Å². The summed E-state index contributed by atoms with van der Waals surface area (Å²) in [6, 6.07) is 18.1. The Kier molecular flexibility index (Phi) is 6.53. The first kappa shape index (κ1) is 18.7. The van der Waals surface area contributed by atoms with E-state index in [1.54, 1.807) is 0 Å². The molecule has 3 rings (SSSR count). The molecule has 1 aliphatic heterocycles. The fraction of sp³-hybridized carbons (Fsp3) is 0.381. The number of hydrogen-bond donors (Lipinski definition) is 1. The van der Waals surface area contributed by atoms with Crippen molar-refractivity contribution in [2.24, 2.45) is 0 Å². The van der Waals surface area contributed by atoms with Gasteiger partial charge in [0.2, 0.25) is 5.91 Å². The van der Waals surface area contributed by atoms with Crippen LogP contribution in [0.3, 0.4) is 0 Å². The Labute approximate surface area is 160 Å². The standard InChI is InChI=1S/C21H26ClN3O/c1-17(18-6-3-2-4-7-18)23-21(26)10-11-24-12-14-25(15-13-24)20-9-5-8-19(22)16-20/h2-9,16-17H,10-15H2,1H3,(H,23,26). The quantitative estimate of drug-likeness (QED) is 0.840. The van der Waals surface area contributed by atoms with E-state index in [9.17, 15) is 4.79 Å². The maximum Gasteiger partial charge on any atom is 0.221 e. The number of benzene rings is 2. The van der Waals surface area contributed by atoms with Gasteiger partial charge in [-0.05, 0) is 30.7 Å². The number of piperazine rings is 1. The van der Waals surface area contributed by atoms with Gasteiger partial charge in [-0.2, -0.15) is 0 Å². The molecule has 0 bridgehead atoms. The van der Waals surface area contributed by atoms with Gasteiger partial charge in [0, 0.05) is 49.9 Å². The van der Waals surface area contributed by atoms with E-state index in [0.29, 0.717) is 6.42 Å². The van der Waals surface area contributed by atoms with E-state index < -0.39 is 0 Å². The lowest BCUT2D eigenvalue weighted by Crippen LogP contribution is -2.47. The van der Waals surface area contributed by atoms with E-state index in [1.165, 1.54) is 5.69 Å². The van der Waals surface area contributed by atoms with Gasteiger partial charge in [0.1, 0.15) is 0 Å². The fourth-order valence-electron chi connectivity index (χ4n) is 3.30. The van der Waals surface area contributed by atoms with Crippen LogP contribution in [0.2, 0.25) is 5.02 Å². The van der Waals surface area contributed by atoms with Crippen molar-refractivity contribution in [2.45, 2.75) is 19.4 Å². The second kappa shape index (κ2) is 9.06. The highest BCUT2D eigenvalue weighted by molar-refractivity contribution is 6.30. The Bertz CT molecular complexity index is 714. The molecule has 1 heterocycles. The second-order valence-corrected chi connectivity index (χ2v) is 7.19. The van der Waals surface area contributed by atoms with E-state index >= 15 is 0 Å². The molecule has 0 radical (unpaired) electrons. The van der Waals surface area contributed by atoms with Crippen molar-refractivity contribution in [2.75, 3.05) is 37.6 Å². The summed E-state index contributed by atoms with van der Waals surface area (Å²) in [5, 5.41) is 3.86. The van der Waals surface area contributed by atoms with Gasteiger partial charge in [0.25, 0.3) is 0 Å². The lowest BCUT2D eigenvalue weighted by Gasteiger charge is -2.36. The Morgan fingerprint density at radius 2 is 1.81 bits per heavy atom. The van der Waals surface area contributed by atoms with Crippen molar-refractivity contribution in [3.05, 3.63) is 65.2 Å². The Hall–Kier alpha value is -2.04. The minimum Gasteiger partial charge on any atom is -0.369 e. The molecule has 0 saturated carbocycles. The molecule has 138 valence electrons. The number of hydrogen-bond acceptors (Lipinski definition) is 3. The number of carbonyl (C=O) groups excluding carboxylic acids is 1. The van der Waals surface area contributed by atoms with E-state index in [0.717, 1.165) is 43.3 Å². The molecular weight excluding hydrogens is 346 g/mol. The molecule has 5 heteroatoms. The topological polar surface area (TPSA) is 35.6 Å². The van der Waals surface area contributed by atoms with Crippen LogP contribution in [0.5, 0.6) is 0 Å². The predicted molar refractivity (Wildman–Crippen MR) is 108 cm³/mol. The first-order valence-electron chi connectivity index (χ1n) is 9.19. The molecule has 26 heavy (non-hydrogen) atoms. The van der Waals surface area contributed by atoms with Crippen molar-refractivity contribution in [1.29, 1.82) is 0 Å². The molecule has 1 amide bonds. The van der Waals surface area contributed by atoms with Crippen molar-refractivity contribution in [3.63, 3.8) is 0 Å². The van der Waals surface area contributed by atoms with E-state index in [1.807, 2.05) is 55.5 Å². The third-order valence-corrected chi connectivity index (χ3v) is 5.11. The summed E-state index contributed by atoms with van der Waals surface area (Å²) >= 11 is 6.08. The first-order chi connectivity index (χ1) is 12.6. The molecule has 0 spiro atoms. The van der Waals surface area contributed by atoms with Crippen molar-refractivity contribution >= 4 is 23.2 Å². The summed E-state index contributed by atoms with van der Waals surface area (Å²) in [7, 11) is 0. The molecule has 1 aliphatic rings. The summed E-state index contributed by atoms with van der Waals surface area (Å²) in [6.07, 6.45) is 0.536. The average molecular weight is 372 g/mol. The van der Waals surface area contributed by atoms with Crippen LogP contribution in [0.4, 0.5) is 5.69 Å². The van der Waals surface area contributed by atoms with Crippen molar-refractivity contribution in [1.82, 2.24) is 10.2 Å². The molecule has 4 nitrogen and oxygen atoms in total. The highest BCUT2D eigenvalue weighted by Gasteiger charge is 2.18. The van der Waals surface area contributed by atoms with Crippen molar-refractivity contribution in [3.8, 4) is 0 Å². The summed E-state index contributed by atoms with van der Waals surface area (Å²) < 4.78 is 0. The highest BCUT2D eigenvalue weighted by Crippen LogP contribution is 2.20. The maximum absolute atomic E-state index is 12.2. The van der Waals surface area contributed by atoms with E-state index in [2.05, 4.69) is 21.2 Å². The highest BCUT2D eigenvalue weighted by atomic mass is 35.5. The minimum atomic E-state index is 0.0448. The van der Waals surface area contributed by atoms with Gasteiger partial charge in [-0.3, -0.25) is 9.69 Å². The third kappa shape index (κ3) is 5.23. The Morgan fingerprint density at radius 1 is 1.08 bits per heavy atom. The molecule has 0 aliphatic carbocycles. The molecule has 1 unspecified atom stereocenters. The molecular formula is C21H26ClN3O. The number of carbonyl (C=O) groups is 1. The third-order valence-electron chi connectivity index (χ3n) is 4.88. The van der Waals surface area contributed by atoms with Crippen LogP contribution in [0.15, 0.2) is 54.6 Å². The molecule has 2 aromatic rings. The predicted octanol–water partition coefficient (Wildman–Crippen LogP) is 3.73. The minimum absolute atomic E-state index is 0.0448. The molecule has 1 atom stereocenters. The summed E-state index contributed by atoms with van der Waals surface area (Å²) in [6.45, 7) is 6.68. The maximum atomic E-state index is 12.2. The zero-order valence-corrected chi connectivity index (χ0v) is 16.0. The number of halogens is 1.